The number of amides is 1. The minimum absolute atomic E-state index is 0. The standard InChI is InChI=1S/C14H18N2O3S.ClH/c1-20(18,19)13-4-2-10(3-5-13)14(17)16-8-11-6-15-7-12(11)9-16;/h2-5,11-12,15H,6-9H2,1H3;1H/t11-,12+;. The van der Waals surface area contributed by atoms with Gasteiger partial charge in [0.25, 0.3) is 5.91 Å². The molecule has 116 valence electrons. The molecule has 0 spiro atoms. The van der Waals surface area contributed by atoms with Crippen molar-refractivity contribution < 1.29 is 13.2 Å². The van der Waals surface area contributed by atoms with Crippen molar-refractivity contribution in [1.29, 1.82) is 0 Å². The third-order valence-electron chi connectivity index (χ3n) is 4.21. The fraction of sp³-hybridized carbons (Fsp3) is 0.500. The van der Waals surface area contributed by atoms with Crippen molar-refractivity contribution in [2.24, 2.45) is 11.8 Å². The van der Waals surface area contributed by atoms with Gasteiger partial charge in [0.2, 0.25) is 0 Å². The van der Waals surface area contributed by atoms with Gasteiger partial charge in [0.15, 0.2) is 9.84 Å². The number of nitrogens with zero attached hydrogens (tertiary/aromatic N) is 1. The maximum absolute atomic E-state index is 12.4. The fourth-order valence-electron chi connectivity index (χ4n) is 3.05. The van der Waals surface area contributed by atoms with Crippen molar-refractivity contribution >= 4 is 28.2 Å². The van der Waals surface area contributed by atoms with E-state index in [0.29, 0.717) is 17.4 Å². The molecule has 0 saturated carbocycles. The predicted octanol–water partition coefficient (Wildman–Crippen LogP) is 0.803. The maximum atomic E-state index is 12.4. The molecule has 2 aliphatic rings. The lowest BCUT2D eigenvalue weighted by molar-refractivity contribution is 0.0781. The van der Waals surface area contributed by atoms with Crippen LogP contribution in [0, 0.1) is 11.8 Å². The summed E-state index contributed by atoms with van der Waals surface area (Å²) in [5, 5.41) is 3.34. The largest absolute Gasteiger partial charge is 0.338 e. The van der Waals surface area contributed by atoms with E-state index in [1.807, 2.05) is 4.90 Å². The van der Waals surface area contributed by atoms with Crippen LogP contribution in [0.25, 0.3) is 0 Å². The molecule has 0 radical (unpaired) electrons. The molecule has 2 aliphatic heterocycles. The lowest BCUT2D eigenvalue weighted by Gasteiger charge is -2.17. The highest BCUT2D eigenvalue weighted by atomic mass is 35.5. The molecule has 1 aromatic carbocycles. The van der Waals surface area contributed by atoms with Crippen LogP contribution in [0.15, 0.2) is 29.2 Å². The average Bonchev–Trinajstić information content (AvgIpc) is 2.97. The molecule has 2 saturated heterocycles. The third kappa shape index (κ3) is 3.22. The van der Waals surface area contributed by atoms with E-state index in [-0.39, 0.29) is 23.2 Å². The van der Waals surface area contributed by atoms with Gasteiger partial charge >= 0.3 is 0 Å². The summed E-state index contributed by atoms with van der Waals surface area (Å²) in [5.74, 6) is 1.13. The van der Waals surface area contributed by atoms with E-state index in [9.17, 15) is 13.2 Å². The van der Waals surface area contributed by atoms with E-state index in [0.717, 1.165) is 26.2 Å². The Bertz CT molecular complexity index is 618. The van der Waals surface area contributed by atoms with Gasteiger partial charge in [-0.3, -0.25) is 4.79 Å². The molecule has 0 unspecified atom stereocenters. The molecule has 2 fully saturated rings. The van der Waals surface area contributed by atoms with Crippen molar-refractivity contribution in [2.75, 3.05) is 32.4 Å². The Morgan fingerprint density at radius 2 is 1.67 bits per heavy atom. The van der Waals surface area contributed by atoms with Crippen LogP contribution in [0.5, 0.6) is 0 Å². The quantitative estimate of drug-likeness (QED) is 0.871. The molecule has 3 rings (SSSR count). The first kappa shape index (κ1) is 16.3. The zero-order chi connectivity index (χ0) is 14.3. The van der Waals surface area contributed by atoms with Gasteiger partial charge in [-0.2, -0.15) is 0 Å². The summed E-state index contributed by atoms with van der Waals surface area (Å²) < 4.78 is 22.8. The van der Waals surface area contributed by atoms with E-state index in [2.05, 4.69) is 5.32 Å². The number of sulfone groups is 1. The molecule has 1 aromatic rings. The van der Waals surface area contributed by atoms with Gasteiger partial charge in [0.05, 0.1) is 4.90 Å². The number of rotatable bonds is 2. The Labute approximate surface area is 131 Å². The van der Waals surface area contributed by atoms with Crippen LogP contribution in [-0.2, 0) is 9.84 Å². The first-order chi connectivity index (χ1) is 9.45. The molecular formula is C14H19ClN2O3S. The summed E-state index contributed by atoms with van der Waals surface area (Å²) >= 11 is 0. The first-order valence-electron chi connectivity index (χ1n) is 6.75. The Kier molecular flexibility index (Phi) is 4.60. The first-order valence-corrected chi connectivity index (χ1v) is 8.64. The number of carbonyl (C=O) groups excluding carboxylic acids is 1. The van der Waals surface area contributed by atoms with E-state index < -0.39 is 9.84 Å². The number of carbonyl (C=O) groups is 1. The predicted molar refractivity (Wildman–Crippen MR) is 82.6 cm³/mol. The highest BCUT2D eigenvalue weighted by Crippen LogP contribution is 2.27. The van der Waals surface area contributed by atoms with Crippen LogP contribution in [-0.4, -0.2) is 51.7 Å². The summed E-state index contributed by atoms with van der Waals surface area (Å²) in [5.41, 5.74) is 0.560. The molecule has 1 amide bonds. The second kappa shape index (κ2) is 5.94. The number of nitrogens with one attached hydrogen (secondary N) is 1. The summed E-state index contributed by atoms with van der Waals surface area (Å²) in [4.78, 5) is 14.5. The van der Waals surface area contributed by atoms with Crippen LogP contribution < -0.4 is 5.32 Å². The number of hydrogen-bond acceptors (Lipinski definition) is 4. The number of fused-ring (bicyclic) bond motifs is 1. The zero-order valence-electron chi connectivity index (χ0n) is 11.8. The van der Waals surface area contributed by atoms with Crippen molar-refractivity contribution in [3.05, 3.63) is 29.8 Å². The molecule has 0 aliphatic carbocycles. The van der Waals surface area contributed by atoms with Gasteiger partial charge < -0.3 is 10.2 Å². The van der Waals surface area contributed by atoms with E-state index in [1.165, 1.54) is 18.4 Å². The summed E-state index contributed by atoms with van der Waals surface area (Å²) in [6, 6.07) is 6.21. The summed E-state index contributed by atoms with van der Waals surface area (Å²) in [6.07, 6.45) is 1.17. The topological polar surface area (TPSA) is 66.5 Å². The molecule has 21 heavy (non-hydrogen) atoms. The Hall–Kier alpha value is -1.11. The average molecular weight is 331 g/mol. The van der Waals surface area contributed by atoms with Crippen LogP contribution in [0.4, 0.5) is 0 Å². The SMILES string of the molecule is CS(=O)(=O)c1ccc(C(=O)N2C[C@H]3CNC[C@H]3C2)cc1.Cl. The van der Waals surface area contributed by atoms with Crippen molar-refractivity contribution in [1.82, 2.24) is 10.2 Å². The maximum Gasteiger partial charge on any atom is 0.253 e. The van der Waals surface area contributed by atoms with Crippen LogP contribution in [0.2, 0.25) is 0 Å². The minimum atomic E-state index is -3.21. The van der Waals surface area contributed by atoms with Crippen molar-refractivity contribution in [2.45, 2.75) is 4.90 Å². The number of benzene rings is 1. The highest BCUT2D eigenvalue weighted by Gasteiger charge is 2.38. The molecule has 2 atom stereocenters. The zero-order valence-corrected chi connectivity index (χ0v) is 13.4. The van der Waals surface area contributed by atoms with Gasteiger partial charge in [-0.25, -0.2) is 8.42 Å². The monoisotopic (exact) mass is 330 g/mol. The summed E-state index contributed by atoms with van der Waals surface area (Å²) in [7, 11) is -3.21. The van der Waals surface area contributed by atoms with E-state index in [1.54, 1.807) is 12.1 Å². The second-order valence-corrected chi connectivity index (χ2v) is 7.70. The Balaban J connectivity index is 0.00000161. The van der Waals surface area contributed by atoms with E-state index >= 15 is 0 Å². The van der Waals surface area contributed by atoms with Crippen LogP contribution >= 0.6 is 12.4 Å². The van der Waals surface area contributed by atoms with Crippen LogP contribution in [0.3, 0.4) is 0 Å². The number of hydrogen-bond donors (Lipinski definition) is 1. The van der Waals surface area contributed by atoms with Gasteiger partial charge in [-0.1, -0.05) is 0 Å². The van der Waals surface area contributed by atoms with Crippen LogP contribution in [0.1, 0.15) is 10.4 Å². The molecule has 1 N–H and O–H groups in total. The summed E-state index contributed by atoms with van der Waals surface area (Å²) in [6.45, 7) is 3.57. The smallest absolute Gasteiger partial charge is 0.253 e. The van der Waals surface area contributed by atoms with Crippen molar-refractivity contribution in [3.63, 3.8) is 0 Å². The van der Waals surface area contributed by atoms with E-state index in [4.69, 9.17) is 0 Å². The Morgan fingerprint density at radius 1 is 1.14 bits per heavy atom. The molecule has 0 bridgehead atoms. The lowest BCUT2D eigenvalue weighted by Crippen LogP contribution is -2.31. The number of likely N-dealkylation sites (tertiary alicyclic amines) is 1. The Morgan fingerprint density at radius 3 is 2.14 bits per heavy atom. The van der Waals surface area contributed by atoms with Gasteiger partial charge in [-0.15, -0.1) is 12.4 Å². The van der Waals surface area contributed by atoms with Gasteiger partial charge in [0, 0.05) is 38.0 Å². The molecule has 2 heterocycles. The highest BCUT2D eigenvalue weighted by molar-refractivity contribution is 7.90. The van der Waals surface area contributed by atoms with Gasteiger partial charge in [-0.05, 0) is 36.1 Å². The minimum Gasteiger partial charge on any atom is -0.338 e. The molecule has 0 aromatic heterocycles. The number of halogens is 1. The molecular weight excluding hydrogens is 312 g/mol. The van der Waals surface area contributed by atoms with Gasteiger partial charge in [0.1, 0.15) is 0 Å². The fourth-order valence-corrected chi connectivity index (χ4v) is 3.68. The normalized spacial score (nSPS) is 24.5. The third-order valence-corrected chi connectivity index (χ3v) is 5.33. The second-order valence-electron chi connectivity index (χ2n) is 5.69. The molecule has 7 heteroatoms. The van der Waals surface area contributed by atoms with Crippen molar-refractivity contribution in [3.8, 4) is 0 Å². The molecule has 5 nitrogen and oxygen atoms in total. The lowest BCUT2D eigenvalue weighted by atomic mass is 10.0.